The molecule has 1 fully saturated rings. The van der Waals surface area contributed by atoms with Crippen LogP contribution in [0.2, 0.25) is 0 Å². The number of rotatable bonds is 3. The lowest BCUT2D eigenvalue weighted by Crippen LogP contribution is -2.48. The third-order valence-electron chi connectivity index (χ3n) is 4.36. The molecule has 0 aromatic carbocycles. The van der Waals surface area contributed by atoms with Crippen LogP contribution in [0, 0.1) is 20.8 Å². The molecule has 0 saturated carbocycles. The highest BCUT2D eigenvalue weighted by atomic mass is 16.2. The van der Waals surface area contributed by atoms with Crippen LogP contribution in [0.3, 0.4) is 0 Å². The summed E-state index contributed by atoms with van der Waals surface area (Å²) >= 11 is 0. The lowest BCUT2D eigenvalue weighted by Gasteiger charge is -2.33. The van der Waals surface area contributed by atoms with Crippen molar-refractivity contribution >= 4 is 11.9 Å². The molecule has 7 heteroatoms. The number of hydrogen-bond acceptors (Lipinski definition) is 5. The average Bonchev–Trinajstić information content (AvgIpc) is 2.86. The van der Waals surface area contributed by atoms with Crippen molar-refractivity contribution in [3.8, 4) is 0 Å². The molecule has 3 rings (SSSR count). The van der Waals surface area contributed by atoms with Crippen molar-refractivity contribution in [2.75, 3.05) is 18.0 Å². The Hall–Kier alpha value is -2.44. The standard InChI is InChI=1S/C17H24N6O/c1-11-8-12(2)19-17(18-11)23-7-5-6-14(10-23)20-16(24)15-9-13(3)22(4)21-15/h8-9,14H,5-7,10H2,1-4H3,(H,20,24). The first-order valence-electron chi connectivity index (χ1n) is 8.31. The maximum Gasteiger partial charge on any atom is 0.272 e. The van der Waals surface area contributed by atoms with Crippen LogP contribution in [0.1, 0.15) is 40.4 Å². The number of carbonyl (C=O) groups is 1. The molecular formula is C17H24N6O. The zero-order chi connectivity index (χ0) is 17.3. The van der Waals surface area contributed by atoms with Crippen LogP contribution in [0.4, 0.5) is 5.95 Å². The van der Waals surface area contributed by atoms with E-state index in [-0.39, 0.29) is 11.9 Å². The molecule has 1 unspecified atom stereocenters. The number of piperidine rings is 1. The van der Waals surface area contributed by atoms with Crippen molar-refractivity contribution in [2.45, 2.75) is 39.7 Å². The average molecular weight is 328 g/mol. The van der Waals surface area contributed by atoms with Crippen LogP contribution in [-0.2, 0) is 7.05 Å². The molecule has 1 amide bonds. The van der Waals surface area contributed by atoms with E-state index in [0.717, 1.165) is 49.0 Å². The van der Waals surface area contributed by atoms with Crippen molar-refractivity contribution in [2.24, 2.45) is 7.05 Å². The van der Waals surface area contributed by atoms with Crippen LogP contribution < -0.4 is 10.2 Å². The zero-order valence-corrected chi connectivity index (χ0v) is 14.7. The van der Waals surface area contributed by atoms with Gasteiger partial charge in [-0.15, -0.1) is 0 Å². The minimum atomic E-state index is -0.119. The van der Waals surface area contributed by atoms with E-state index in [4.69, 9.17) is 0 Å². The maximum atomic E-state index is 12.4. The predicted molar refractivity (Wildman–Crippen MR) is 92.2 cm³/mol. The van der Waals surface area contributed by atoms with E-state index >= 15 is 0 Å². The first kappa shape index (κ1) is 16.4. The van der Waals surface area contributed by atoms with E-state index in [1.54, 1.807) is 4.68 Å². The fourth-order valence-corrected chi connectivity index (χ4v) is 3.06. The summed E-state index contributed by atoms with van der Waals surface area (Å²) in [5.41, 5.74) is 3.36. The van der Waals surface area contributed by atoms with Gasteiger partial charge in [0.1, 0.15) is 5.69 Å². The van der Waals surface area contributed by atoms with E-state index in [9.17, 15) is 4.79 Å². The second-order valence-electron chi connectivity index (χ2n) is 6.50. The minimum absolute atomic E-state index is 0.0815. The molecule has 0 radical (unpaired) electrons. The summed E-state index contributed by atoms with van der Waals surface area (Å²) in [4.78, 5) is 23.6. The molecule has 24 heavy (non-hydrogen) atoms. The Kier molecular flexibility index (Phi) is 4.51. The Morgan fingerprint density at radius 3 is 2.54 bits per heavy atom. The summed E-state index contributed by atoms with van der Waals surface area (Å²) < 4.78 is 1.71. The van der Waals surface area contributed by atoms with Gasteiger partial charge in [-0.05, 0) is 45.7 Å². The van der Waals surface area contributed by atoms with Gasteiger partial charge in [0, 0.05) is 43.3 Å². The fourth-order valence-electron chi connectivity index (χ4n) is 3.06. The summed E-state index contributed by atoms with van der Waals surface area (Å²) in [6.45, 7) is 7.53. The summed E-state index contributed by atoms with van der Waals surface area (Å²) in [6.07, 6.45) is 1.96. The normalized spacial score (nSPS) is 17.8. The van der Waals surface area contributed by atoms with Gasteiger partial charge in [0.25, 0.3) is 5.91 Å². The third kappa shape index (κ3) is 3.55. The van der Waals surface area contributed by atoms with Crippen LogP contribution >= 0.6 is 0 Å². The molecule has 3 heterocycles. The predicted octanol–water partition coefficient (Wildman–Crippen LogP) is 1.53. The Balaban J connectivity index is 1.68. The van der Waals surface area contributed by atoms with Gasteiger partial charge in [0.2, 0.25) is 5.95 Å². The Morgan fingerprint density at radius 2 is 1.92 bits per heavy atom. The molecule has 1 N–H and O–H groups in total. The van der Waals surface area contributed by atoms with Gasteiger partial charge in [-0.3, -0.25) is 9.48 Å². The second-order valence-corrected chi connectivity index (χ2v) is 6.50. The van der Waals surface area contributed by atoms with Crippen molar-refractivity contribution in [3.05, 3.63) is 34.9 Å². The molecule has 1 saturated heterocycles. The number of aryl methyl sites for hydroxylation is 4. The van der Waals surface area contributed by atoms with Gasteiger partial charge >= 0.3 is 0 Å². The Morgan fingerprint density at radius 1 is 1.21 bits per heavy atom. The number of nitrogens with one attached hydrogen (secondary N) is 1. The fraction of sp³-hybridized carbons (Fsp3) is 0.529. The summed E-state index contributed by atoms with van der Waals surface area (Å²) in [6, 6.07) is 3.86. The van der Waals surface area contributed by atoms with Gasteiger partial charge in [-0.25, -0.2) is 9.97 Å². The van der Waals surface area contributed by atoms with E-state index in [1.165, 1.54) is 0 Å². The molecule has 0 aliphatic carbocycles. The quantitative estimate of drug-likeness (QED) is 0.925. The molecular weight excluding hydrogens is 304 g/mol. The monoisotopic (exact) mass is 328 g/mol. The molecule has 1 aliphatic rings. The number of carbonyl (C=O) groups excluding carboxylic acids is 1. The highest BCUT2D eigenvalue weighted by molar-refractivity contribution is 5.92. The molecule has 2 aromatic heterocycles. The Bertz CT molecular complexity index is 714. The largest absolute Gasteiger partial charge is 0.346 e. The van der Waals surface area contributed by atoms with E-state index < -0.39 is 0 Å². The first-order valence-corrected chi connectivity index (χ1v) is 8.31. The summed E-state index contributed by atoms with van der Waals surface area (Å²) in [5.74, 6) is 0.632. The smallest absolute Gasteiger partial charge is 0.272 e. The maximum absolute atomic E-state index is 12.4. The summed E-state index contributed by atoms with van der Waals surface area (Å²) in [7, 11) is 1.84. The summed E-state index contributed by atoms with van der Waals surface area (Å²) in [5, 5.41) is 7.34. The Labute approximate surface area is 142 Å². The third-order valence-corrected chi connectivity index (χ3v) is 4.36. The molecule has 128 valence electrons. The van der Waals surface area contributed by atoms with E-state index in [1.807, 2.05) is 40.0 Å². The zero-order valence-electron chi connectivity index (χ0n) is 14.7. The molecule has 0 bridgehead atoms. The second kappa shape index (κ2) is 6.59. The topological polar surface area (TPSA) is 75.9 Å². The van der Waals surface area contributed by atoms with Crippen LogP contribution in [0.25, 0.3) is 0 Å². The minimum Gasteiger partial charge on any atom is -0.346 e. The van der Waals surface area contributed by atoms with Gasteiger partial charge in [-0.2, -0.15) is 5.10 Å². The van der Waals surface area contributed by atoms with Crippen molar-refractivity contribution in [3.63, 3.8) is 0 Å². The number of aromatic nitrogens is 4. The SMILES string of the molecule is Cc1cc(C)nc(N2CCCC(NC(=O)c3cc(C)n(C)n3)C2)n1. The van der Waals surface area contributed by atoms with Crippen molar-refractivity contribution in [1.29, 1.82) is 0 Å². The highest BCUT2D eigenvalue weighted by Crippen LogP contribution is 2.17. The molecule has 0 spiro atoms. The number of anilines is 1. The van der Waals surface area contributed by atoms with Crippen LogP contribution in [-0.4, -0.2) is 44.8 Å². The number of nitrogens with zero attached hydrogens (tertiary/aromatic N) is 5. The van der Waals surface area contributed by atoms with Gasteiger partial charge < -0.3 is 10.2 Å². The van der Waals surface area contributed by atoms with Gasteiger partial charge in [0.05, 0.1) is 0 Å². The van der Waals surface area contributed by atoms with Crippen LogP contribution in [0.5, 0.6) is 0 Å². The highest BCUT2D eigenvalue weighted by Gasteiger charge is 2.24. The van der Waals surface area contributed by atoms with E-state index in [0.29, 0.717) is 5.69 Å². The molecule has 7 nitrogen and oxygen atoms in total. The van der Waals surface area contributed by atoms with Gasteiger partial charge in [0.15, 0.2) is 0 Å². The van der Waals surface area contributed by atoms with Crippen LogP contribution in [0.15, 0.2) is 12.1 Å². The molecule has 2 aromatic rings. The van der Waals surface area contributed by atoms with E-state index in [2.05, 4.69) is 25.3 Å². The van der Waals surface area contributed by atoms with Crippen molar-refractivity contribution < 1.29 is 4.79 Å². The first-order chi connectivity index (χ1) is 11.4. The van der Waals surface area contributed by atoms with Gasteiger partial charge in [-0.1, -0.05) is 0 Å². The number of amides is 1. The molecule has 1 aliphatic heterocycles. The lowest BCUT2D eigenvalue weighted by molar-refractivity contribution is 0.0927. The molecule has 1 atom stereocenters. The van der Waals surface area contributed by atoms with Crippen molar-refractivity contribution in [1.82, 2.24) is 25.1 Å². The lowest BCUT2D eigenvalue weighted by atomic mass is 10.1. The number of hydrogen-bond donors (Lipinski definition) is 1.